The number of carbonyl (C=O) groups excluding carboxylic acids is 2. The molecule has 0 aromatic heterocycles. The molecule has 0 radical (unpaired) electrons. The molecule has 0 atom stereocenters. The minimum atomic E-state index is -0.336. The molecular weight excluding hydrogens is 424 g/mol. The average molecular weight is 455 g/mol. The van der Waals surface area contributed by atoms with Crippen molar-refractivity contribution in [2.24, 2.45) is 0 Å². The van der Waals surface area contributed by atoms with Crippen LogP contribution in [0.25, 0.3) is 5.57 Å². The summed E-state index contributed by atoms with van der Waals surface area (Å²) in [5.74, 6) is 0.0708. The predicted molar refractivity (Wildman–Crippen MR) is 135 cm³/mol. The van der Waals surface area contributed by atoms with Crippen LogP contribution < -0.4 is 10.1 Å². The first-order chi connectivity index (χ1) is 16.3. The third-order valence-corrected chi connectivity index (χ3v) is 5.83. The summed E-state index contributed by atoms with van der Waals surface area (Å²) in [7, 11) is 0. The Morgan fingerprint density at radius 2 is 1.47 bits per heavy atom. The lowest BCUT2D eigenvalue weighted by molar-refractivity contribution is -0.137. The van der Waals surface area contributed by atoms with Gasteiger partial charge in [-0.05, 0) is 53.3 Å². The van der Waals surface area contributed by atoms with E-state index in [1.54, 1.807) is 0 Å². The van der Waals surface area contributed by atoms with Gasteiger partial charge in [0.2, 0.25) is 0 Å². The molecule has 0 fully saturated rings. The lowest BCUT2D eigenvalue weighted by atomic mass is 9.87. The molecule has 0 spiro atoms. The second kappa shape index (κ2) is 9.56. The molecule has 1 aliphatic rings. The Labute approximate surface area is 201 Å². The Morgan fingerprint density at radius 3 is 2.06 bits per heavy atom. The third-order valence-electron chi connectivity index (χ3n) is 5.83. The maximum Gasteiger partial charge on any atom is 0.278 e. The fourth-order valence-electron chi connectivity index (χ4n) is 3.95. The van der Waals surface area contributed by atoms with Gasteiger partial charge in [0.15, 0.2) is 0 Å². The van der Waals surface area contributed by atoms with Crippen molar-refractivity contribution in [1.82, 2.24) is 4.90 Å². The van der Waals surface area contributed by atoms with Crippen molar-refractivity contribution in [1.29, 1.82) is 0 Å². The number of anilines is 1. The summed E-state index contributed by atoms with van der Waals surface area (Å²) < 4.78 is 5.54. The molecule has 1 N–H and O–H groups in total. The first-order valence-electron chi connectivity index (χ1n) is 11.5. The van der Waals surface area contributed by atoms with Gasteiger partial charge in [-0.25, -0.2) is 0 Å². The smallest absolute Gasteiger partial charge is 0.278 e. The number of ether oxygens (including phenoxy) is 1. The number of hydrogen-bond donors (Lipinski definition) is 1. The number of carbonyl (C=O) groups is 2. The minimum absolute atomic E-state index is 0.0247. The van der Waals surface area contributed by atoms with E-state index in [2.05, 4.69) is 26.1 Å². The lowest BCUT2D eigenvalue weighted by Gasteiger charge is -2.19. The van der Waals surface area contributed by atoms with Crippen molar-refractivity contribution in [3.63, 3.8) is 0 Å². The zero-order valence-corrected chi connectivity index (χ0v) is 20.1. The van der Waals surface area contributed by atoms with Crippen LogP contribution in [0, 0.1) is 0 Å². The average Bonchev–Trinajstić information content (AvgIpc) is 3.04. The van der Waals surface area contributed by atoms with Gasteiger partial charge in [0.1, 0.15) is 11.4 Å². The van der Waals surface area contributed by atoms with E-state index in [0.29, 0.717) is 17.7 Å². The van der Waals surface area contributed by atoms with Gasteiger partial charge >= 0.3 is 0 Å². The zero-order valence-electron chi connectivity index (χ0n) is 20.1. The van der Waals surface area contributed by atoms with Crippen molar-refractivity contribution in [3.8, 4) is 5.75 Å². The molecule has 3 aromatic carbocycles. The van der Waals surface area contributed by atoms with Crippen LogP contribution in [-0.2, 0) is 21.5 Å². The number of rotatable bonds is 7. The first kappa shape index (κ1) is 23.3. The zero-order chi connectivity index (χ0) is 24.3. The molecule has 0 unspecified atom stereocenters. The van der Waals surface area contributed by atoms with E-state index < -0.39 is 0 Å². The van der Waals surface area contributed by atoms with Crippen LogP contribution in [0.3, 0.4) is 0 Å². The molecular formula is C29H30N2O3. The van der Waals surface area contributed by atoms with Crippen LogP contribution >= 0.6 is 0 Å². The normalized spacial score (nSPS) is 14.1. The van der Waals surface area contributed by atoms with Crippen molar-refractivity contribution in [2.45, 2.75) is 39.7 Å². The molecule has 2 amide bonds. The van der Waals surface area contributed by atoms with E-state index in [0.717, 1.165) is 17.0 Å². The lowest BCUT2D eigenvalue weighted by Crippen LogP contribution is -2.32. The van der Waals surface area contributed by atoms with Crippen LogP contribution in [0.4, 0.5) is 5.69 Å². The summed E-state index contributed by atoms with van der Waals surface area (Å²) in [6, 6.07) is 24.8. The molecule has 0 bridgehead atoms. The Balaban J connectivity index is 1.70. The minimum Gasteiger partial charge on any atom is -0.494 e. The molecule has 1 aliphatic heterocycles. The van der Waals surface area contributed by atoms with Gasteiger partial charge < -0.3 is 10.1 Å². The summed E-state index contributed by atoms with van der Waals surface area (Å²) in [6.45, 7) is 9.16. The van der Waals surface area contributed by atoms with Gasteiger partial charge in [-0.2, -0.15) is 0 Å². The highest BCUT2D eigenvalue weighted by Crippen LogP contribution is 2.33. The SMILES string of the molecule is CCOc1ccc(C2=C(Nc3ccc(C(C)(C)C)cc3)C(=O)N(Cc3ccccc3)C2=O)cc1. The van der Waals surface area contributed by atoms with E-state index in [-0.39, 0.29) is 29.5 Å². The molecule has 0 saturated carbocycles. The van der Waals surface area contributed by atoms with Crippen molar-refractivity contribution in [2.75, 3.05) is 11.9 Å². The second-order valence-corrected chi connectivity index (χ2v) is 9.34. The van der Waals surface area contributed by atoms with Crippen LogP contribution in [0.1, 0.15) is 44.4 Å². The highest BCUT2D eigenvalue weighted by atomic mass is 16.5. The van der Waals surface area contributed by atoms with Crippen LogP contribution in [0.5, 0.6) is 5.75 Å². The quantitative estimate of drug-likeness (QED) is 0.460. The van der Waals surface area contributed by atoms with E-state index in [1.807, 2.05) is 85.8 Å². The van der Waals surface area contributed by atoms with Crippen LogP contribution in [0.2, 0.25) is 0 Å². The molecule has 0 saturated heterocycles. The molecule has 4 rings (SSSR count). The maximum atomic E-state index is 13.5. The number of nitrogens with zero attached hydrogens (tertiary/aromatic N) is 1. The van der Waals surface area contributed by atoms with E-state index >= 15 is 0 Å². The highest BCUT2D eigenvalue weighted by Gasteiger charge is 2.39. The third kappa shape index (κ3) is 4.88. The number of benzene rings is 3. The second-order valence-electron chi connectivity index (χ2n) is 9.34. The number of amides is 2. The summed E-state index contributed by atoms with van der Waals surface area (Å²) in [5, 5.41) is 3.24. The summed E-state index contributed by atoms with van der Waals surface area (Å²) >= 11 is 0. The summed E-state index contributed by atoms with van der Waals surface area (Å²) in [6.07, 6.45) is 0. The number of nitrogens with one attached hydrogen (secondary N) is 1. The molecule has 5 nitrogen and oxygen atoms in total. The Morgan fingerprint density at radius 1 is 0.824 bits per heavy atom. The summed E-state index contributed by atoms with van der Waals surface area (Å²) in [4.78, 5) is 28.3. The van der Waals surface area contributed by atoms with E-state index in [1.165, 1.54) is 10.5 Å². The van der Waals surface area contributed by atoms with Gasteiger partial charge in [0, 0.05) is 5.69 Å². The monoisotopic (exact) mass is 454 g/mol. The van der Waals surface area contributed by atoms with Gasteiger partial charge in [-0.1, -0.05) is 75.4 Å². The van der Waals surface area contributed by atoms with Gasteiger partial charge in [0.25, 0.3) is 11.8 Å². The molecule has 1 heterocycles. The van der Waals surface area contributed by atoms with Gasteiger partial charge in [-0.15, -0.1) is 0 Å². The largest absolute Gasteiger partial charge is 0.494 e. The maximum absolute atomic E-state index is 13.5. The van der Waals surface area contributed by atoms with Crippen molar-refractivity contribution < 1.29 is 14.3 Å². The molecule has 174 valence electrons. The van der Waals surface area contributed by atoms with Crippen molar-refractivity contribution in [3.05, 3.63) is 101 Å². The predicted octanol–water partition coefficient (Wildman–Crippen LogP) is 5.78. The topological polar surface area (TPSA) is 58.6 Å². The fourth-order valence-corrected chi connectivity index (χ4v) is 3.95. The molecule has 3 aromatic rings. The van der Waals surface area contributed by atoms with Gasteiger partial charge in [-0.3, -0.25) is 14.5 Å². The molecule has 0 aliphatic carbocycles. The van der Waals surface area contributed by atoms with E-state index in [9.17, 15) is 9.59 Å². The number of imide groups is 1. The van der Waals surface area contributed by atoms with Gasteiger partial charge in [0.05, 0.1) is 18.7 Å². The highest BCUT2D eigenvalue weighted by molar-refractivity contribution is 6.36. The van der Waals surface area contributed by atoms with E-state index in [4.69, 9.17) is 4.74 Å². The molecule has 34 heavy (non-hydrogen) atoms. The van der Waals surface area contributed by atoms with Crippen LogP contribution in [0.15, 0.2) is 84.6 Å². The first-order valence-corrected chi connectivity index (χ1v) is 11.5. The molecule has 5 heteroatoms. The van der Waals surface area contributed by atoms with Crippen LogP contribution in [-0.4, -0.2) is 23.3 Å². The Bertz CT molecular complexity index is 1200. The summed E-state index contributed by atoms with van der Waals surface area (Å²) in [5.41, 5.74) is 4.19. The van der Waals surface area contributed by atoms with Crippen molar-refractivity contribution >= 4 is 23.1 Å². The number of hydrogen-bond acceptors (Lipinski definition) is 4. The Hall–Kier alpha value is -3.86. The standard InChI is InChI=1S/C29H30N2O3/c1-5-34-24-17-11-21(12-18-24)25-26(30-23-15-13-22(14-16-23)29(2,3)4)28(33)31(27(25)32)19-20-9-7-6-8-10-20/h6-18,30H,5,19H2,1-4H3. The fraction of sp³-hybridized carbons (Fsp3) is 0.241. The Kier molecular flexibility index (Phi) is 6.55.